The molecule has 1 nitrogen and oxygen atoms in total. The summed E-state index contributed by atoms with van der Waals surface area (Å²) in [5.41, 5.74) is 0.596. The summed E-state index contributed by atoms with van der Waals surface area (Å²) >= 11 is 0. The van der Waals surface area contributed by atoms with Gasteiger partial charge in [0.25, 0.3) is 0 Å². The Kier molecular flexibility index (Phi) is 2.88. The summed E-state index contributed by atoms with van der Waals surface area (Å²) in [4.78, 5) is 0. The molecule has 3 unspecified atom stereocenters. The zero-order chi connectivity index (χ0) is 10.2. The van der Waals surface area contributed by atoms with Gasteiger partial charge in [0.05, 0.1) is 0 Å². The minimum Gasteiger partial charge on any atom is -0.311 e. The minimum atomic E-state index is 0.596. The van der Waals surface area contributed by atoms with Crippen LogP contribution in [0.3, 0.4) is 0 Å². The molecule has 0 heterocycles. The molecule has 0 aliphatic heterocycles. The van der Waals surface area contributed by atoms with Crippen LogP contribution in [-0.2, 0) is 0 Å². The standard InChI is InChI=1S/C13H25N/c1-4-10-6-5-7-11(8-10)14-12-9-13(12,2)3/h10-12,14H,4-9H2,1-3H3. The molecule has 0 bridgehead atoms. The first-order valence-corrected chi connectivity index (χ1v) is 6.38. The Balaban J connectivity index is 1.76. The molecule has 0 spiro atoms. The van der Waals surface area contributed by atoms with Crippen molar-refractivity contribution >= 4 is 0 Å². The summed E-state index contributed by atoms with van der Waals surface area (Å²) in [6.07, 6.45) is 8.55. The van der Waals surface area contributed by atoms with E-state index in [-0.39, 0.29) is 0 Å². The first-order valence-electron chi connectivity index (χ1n) is 6.38. The molecule has 0 aromatic carbocycles. The van der Waals surface area contributed by atoms with Gasteiger partial charge in [-0.15, -0.1) is 0 Å². The minimum absolute atomic E-state index is 0.596. The van der Waals surface area contributed by atoms with Crippen molar-refractivity contribution in [2.24, 2.45) is 11.3 Å². The molecule has 14 heavy (non-hydrogen) atoms. The predicted octanol–water partition coefficient (Wildman–Crippen LogP) is 3.34. The summed E-state index contributed by atoms with van der Waals surface area (Å²) in [5.74, 6) is 1.00. The molecule has 1 N–H and O–H groups in total. The van der Waals surface area contributed by atoms with E-state index in [1.165, 1.54) is 38.5 Å². The Hall–Kier alpha value is -0.0400. The summed E-state index contributed by atoms with van der Waals surface area (Å²) in [7, 11) is 0. The Labute approximate surface area is 88.7 Å². The molecular weight excluding hydrogens is 170 g/mol. The molecular formula is C13H25N. The third-order valence-corrected chi connectivity index (χ3v) is 4.31. The second-order valence-corrected chi connectivity index (χ2v) is 6.05. The second kappa shape index (κ2) is 3.84. The van der Waals surface area contributed by atoms with Crippen molar-refractivity contribution < 1.29 is 0 Å². The lowest BCUT2D eigenvalue weighted by molar-refractivity contribution is 0.271. The number of hydrogen-bond donors (Lipinski definition) is 1. The average molecular weight is 195 g/mol. The Morgan fingerprint density at radius 2 is 2.00 bits per heavy atom. The van der Waals surface area contributed by atoms with Gasteiger partial charge < -0.3 is 5.32 Å². The molecule has 3 atom stereocenters. The van der Waals surface area contributed by atoms with E-state index in [4.69, 9.17) is 0 Å². The van der Waals surface area contributed by atoms with Crippen molar-refractivity contribution in [3.05, 3.63) is 0 Å². The Morgan fingerprint density at radius 3 is 2.57 bits per heavy atom. The second-order valence-electron chi connectivity index (χ2n) is 6.05. The van der Waals surface area contributed by atoms with E-state index >= 15 is 0 Å². The van der Waals surface area contributed by atoms with Crippen LogP contribution in [0.1, 0.15) is 59.3 Å². The Morgan fingerprint density at radius 1 is 1.29 bits per heavy atom. The zero-order valence-electron chi connectivity index (χ0n) is 9.97. The van der Waals surface area contributed by atoms with Crippen molar-refractivity contribution in [1.82, 2.24) is 5.32 Å². The van der Waals surface area contributed by atoms with Gasteiger partial charge in [0, 0.05) is 12.1 Å². The molecule has 2 fully saturated rings. The summed E-state index contributed by atoms with van der Waals surface area (Å²) in [6, 6.07) is 1.66. The molecule has 2 aliphatic rings. The highest BCUT2D eigenvalue weighted by Crippen LogP contribution is 2.45. The first-order chi connectivity index (χ1) is 6.62. The van der Waals surface area contributed by atoms with Crippen molar-refractivity contribution in [1.29, 1.82) is 0 Å². The van der Waals surface area contributed by atoms with E-state index in [0.29, 0.717) is 5.41 Å². The monoisotopic (exact) mass is 195 g/mol. The highest BCUT2D eigenvalue weighted by Gasteiger charge is 2.46. The molecule has 82 valence electrons. The van der Waals surface area contributed by atoms with E-state index in [1.54, 1.807) is 0 Å². The highest BCUT2D eigenvalue weighted by atomic mass is 15.0. The maximum Gasteiger partial charge on any atom is 0.0127 e. The maximum absolute atomic E-state index is 3.85. The number of nitrogens with one attached hydrogen (secondary N) is 1. The fraction of sp³-hybridized carbons (Fsp3) is 1.00. The molecule has 2 rings (SSSR count). The van der Waals surface area contributed by atoms with E-state index in [0.717, 1.165) is 18.0 Å². The van der Waals surface area contributed by atoms with Gasteiger partial charge in [-0.25, -0.2) is 0 Å². The summed E-state index contributed by atoms with van der Waals surface area (Å²) in [6.45, 7) is 7.10. The topological polar surface area (TPSA) is 12.0 Å². The van der Waals surface area contributed by atoms with Crippen molar-refractivity contribution in [2.75, 3.05) is 0 Å². The fourth-order valence-corrected chi connectivity index (χ4v) is 2.85. The van der Waals surface area contributed by atoms with Crippen LogP contribution in [-0.4, -0.2) is 12.1 Å². The summed E-state index contributed by atoms with van der Waals surface area (Å²) in [5, 5.41) is 3.85. The van der Waals surface area contributed by atoms with Gasteiger partial charge in [0.2, 0.25) is 0 Å². The third-order valence-electron chi connectivity index (χ3n) is 4.31. The molecule has 0 radical (unpaired) electrons. The van der Waals surface area contributed by atoms with Gasteiger partial charge in [-0.1, -0.05) is 40.0 Å². The van der Waals surface area contributed by atoms with Gasteiger partial charge in [-0.3, -0.25) is 0 Å². The third kappa shape index (κ3) is 2.31. The quantitative estimate of drug-likeness (QED) is 0.728. The van der Waals surface area contributed by atoms with Gasteiger partial charge in [0.15, 0.2) is 0 Å². The SMILES string of the molecule is CCC1CCCC(NC2CC2(C)C)C1. The molecule has 2 aliphatic carbocycles. The molecule has 0 saturated heterocycles. The molecule has 2 saturated carbocycles. The lowest BCUT2D eigenvalue weighted by Gasteiger charge is -2.29. The highest BCUT2D eigenvalue weighted by molar-refractivity contribution is 5.03. The number of hydrogen-bond acceptors (Lipinski definition) is 1. The van der Waals surface area contributed by atoms with Gasteiger partial charge in [0.1, 0.15) is 0 Å². The predicted molar refractivity (Wildman–Crippen MR) is 61.4 cm³/mol. The lowest BCUT2D eigenvalue weighted by atomic mass is 9.84. The molecule has 0 amide bonds. The van der Waals surface area contributed by atoms with Crippen LogP contribution >= 0.6 is 0 Å². The Bertz CT molecular complexity index is 197. The molecule has 0 aromatic rings. The molecule has 0 aromatic heterocycles. The fourth-order valence-electron chi connectivity index (χ4n) is 2.85. The maximum atomic E-state index is 3.85. The van der Waals surface area contributed by atoms with E-state index < -0.39 is 0 Å². The van der Waals surface area contributed by atoms with Crippen molar-refractivity contribution in [3.8, 4) is 0 Å². The van der Waals surface area contributed by atoms with E-state index in [1.807, 2.05) is 0 Å². The van der Waals surface area contributed by atoms with Crippen LogP contribution in [0.4, 0.5) is 0 Å². The normalized spacial score (nSPS) is 40.9. The van der Waals surface area contributed by atoms with Gasteiger partial charge in [-0.05, 0) is 30.6 Å². The smallest absolute Gasteiger partial charge is 0.0127 e. The van der Waals surface area contributed by atoms with Crippen LogP contribution in [0.15, 0.2) is 0 Å². The van der Waals surface area contributed by atoms with Crippen LogP contribution < -0.4 is 5.32 Å². The largest absolute Gasteiger partial charge is 0.311 e. The lowest BCUT2D eigenvalue weighted by Crippen LogP contribution is -2.37. The number of rotatable bonds is 3. The van der Waals surface area contributed by atoms with Crippen LogP contribution in [0, 0.1) is 11.3 Å². The van der Waals surface area contributed by atoms with Crippen LogP contribution in [0.25, 0.3) is 0 Å². The van der Waals surface area contributed by atoms with Crippen LogP contribution in [0.2, 0.25) is 0 Å². The summed E-state index contributed by atoms with van der Waals surface area (Å²) < 4.78 is 0. The van der Waals surface area contributed by atoms with Crippen molar-refractivity contribution in [2.45, 2.75) is 71.4 Å². The van der Waals surface area contributed by atoms with E-state index in [2.05, 4.69) is 26.1 Å². The molecule has 1 heteroatoms. The van der Waals surface area contributed by atoms with Crippen LogP contribution in [0.5, 0.6) is 0 Å². The zero-order valence-corrected chi connectivity index (χ0v) is 9.97. The van der Waals surface area contributed by atoms with Crippen molar-refractivity contribution in [3.63, 3.8) is 0 Å². The van der Waals surface area contributed by atoms with Gasteiger partial charge in [-0.2, -0.15) is 0 Å². The van der Waals surface area contributed by atoms with Gasteiger partial charge >= 0.3 is 0 Å². The average Bonchev–Trinajstić information content (AvgIpc) is 2.74. The van der Waals surface area contributed by atoms with E-state index in [9.17, 15) is 0 Å². The first kappa shape index (κ1) is 10.5.